The van der Waals surface area contributed by atoms with E-state index in [0.717, 1.165) is 42.0 Å². The van der Waals surface area contributed by atoms with Crippen LogP contribution in [-0.4, -0.2) is 92.9 Å². The fourth-order valence-corrected chi connectivity index (χ4v) is 7.32. The van der Waals surface area contributed by atoms with Gasteiger partial charge in [-0.1, -0.05) is 18.2 Å². The number of aliphatic hydroxyl groups excluding tert-OH is 2. The number of Topliss-reactive ketones (excluding diaryl/α,β-unsaturated/α-hetero) is 2. The van der Waals surface area contributed by atoms with E-state index in [1.165, 1.54) is 11.0 Å². The van der Waals surface area contributed by atoms with Crippen LogP contribution in [0.5, 0.6) is 5.75 Å². The third-order valence-electron chi connectivity index (χ3n) is 9.38. The van der Waals surface area contributed by atoms with Crippen molar-refractivity contribution < 1.29 is 34.8 Å². The average molecular weight is 587 g/mol. The van der Waals surface area contributed by atoms with E-state index in [1.807, 2.05) is 31.3 Å². The van der Waals surface area contributed by atoms with E-state index in [9.17, 15) is 34.8 Å². The van der Waals surface area contributed by atoms with Crippen molar-refractivity contribution in [2.45, 2.75) is 37.3 Å². The zero-order valence-corrected chi connectivity index (χ0v) is 24.2. The number of nitrogens with zero attached hydrogens (tertiary/aromatic N) is 3. The Labute approximate surface area is 248 Å². The standard InChI is InChI=1S/C32H34N4O7/c1-35(2)26-20-14-16-13-19-18(15-6-8-17(9-7-15)34-22-5-4-12-36(22)3)10-11-21(37)24(19)27(38)23(16)29(40)32(20,43)30(41)25(28(26)39)31(33)42/h6-11,16,20,26,37,39-40,43H,4-5,12-14H2,1-3H3,(H2,33,42)/t16-,20-,26+,32-/m0/s1. The fraction of sp³-hybridized carbons (Fsp3) is 0.375. The van der Waals surface area contributed by atoms with Crippen molar-refractivity contribution in [2.75, 3.05) is 27.7 Å². The summed E-state index contributed by atoms with van der Waals surface area (Å²) in [6.45, 7) is 0.974. The van der Waals surface area contributed by atoms with Crippen LogP contribution in [0.3, 0.4) is 0 Å². The lowest BCUT2D eigenvalue weighted by molar-refractivity contribution is -0.148. The van der Waals surface area contributed by atoms with Gasteiger partial charge in [0.2, 0.25) is 5.78 Å². The van der Waals surface area contributed by atoms with Crippen molar-refractivity contribution in [3.8, 4) is 16.9 Å². The Hall–Kier alpha value is -4.48. The molecular formula is C32H34N4O7. The minimum atomic E-state index is -2.66. The van der Waals surface area contributed by atoms with Crippen LogP contribution in [0, 0.1) is 11.8 Å². The Morgan fingerprint density at radius 3 is 2.40 bits per heavy atom. The SMILES string of the molecule is CN1CCCC1=Nc1ccc(-c2ccc(O)c3c2C[C@H]2C[C@H]4[C@@H](N(C)C)C(O)=C(C(N)=O)C(=O)[C@@]4(O)C(O)=C2C3=O)cc1. The molecule has 224 valence electrons. The van der Waals surface area contributed by atoms with Crippen LogP contribution in [0.1, 0.15) is 35.2 Å². The van der Waals surface area contributed by atoms with Gasteiger partial charge in [0.25, 0.3) is 5.91 Å². The van der Waals surface area contributed by atoms with E-state index < -0.39 is 58.0 Å². The Morgan fingerprint density at radius 2 is 1.79 bits per heavy atom. The maximum atomic E-state index is 14.0. The number of carbonyl (C=O) groups is 3. The first-order valence-corrected chi connectivity index (χ1v) is 14.2. The number of likely N-dealkylation sites (tertiary alicyclic amines) is 1. The molecule has 1 heterocycles. The number of aromatic hydroxyl groups is 1. The van der Waals surface area contributed by atoms with E-state index in [2.05, 4.69) is 4.90 Å². The Morgan fingerprint density at radius 1 is 1.09 bits per heavy atom. The van der Waals surface area contributed by atoms with Crippen LogP contribution in [-0.2, 0) is 16.0 Å². The van der Waals surface area contributed by atoms with Gasteiger partial charge < -0.3 is 31.1 Å². The summed E-state index contributed by atoms with van der Waals surface area (Å²) in [5.41, 5.74) is 4.61. The number of fused-ring (bicyclic) bond motifs is 3. The molecule has 0 aromatic heterocycles. The predicted octanol–water partition coefficient (Wildman–Crippen LogP) is 2.54. The molecule has 4 atom stereocenters. The second-order valence-corrected chi connectivity index (χ2v) is 12.0. The molecule has 6 N–H and O–H groups in total. The number of hydrogen-bond acceptors (Lipinski definition) is 9. The highest BCUT2D eigenvalue weighted by atomic mass is 16.3. The van der Waals surface area contributed by atoms with E-state index in [-0.39, 0.29) is 29.7 Å². The molecule has 6 rings (SSSR count). The number of phenols is 1. The van der Waals surface area contributed by atoms with Crippen molar-refractivity contribution in [2.24, 2.45) is 22.6 Å². The number of nitrogens with two attached hydrogens (primary N) is 1. The van der Waals surface area contributed by atoms with Crippen molar-refractivity contribution in [1.82, 2.24) is 9.80 Å². The smallest absolute Gasteiger partial charge is 0.255 e. The summed E-state index contributed by atoms with van der Waals surface area (Å²) in [5, 5.41) is 45.0. The van der Waals surface area contributed by atoms with Crippen molar-refractivity contribution >= 4 is 29.0 Å². The van der Waals surface area contributed by atoms with Crippen molar-refractivity contribution in [3.63, 3.8) is 0 Å². The number of likely N-dealkylation sites (N-methyl/N-ethyl adjacent to an activating group) is 1. The van der Waals surface area contributed by atoms with Gasteiger partial charge in [-0.15, -0.1) is 0 Å². The molecule has 0 bridgehead atoms. The van der Waals surface area contributed by atoms with Crippen LogP contribution < -0.4 is 5.73 Å². The Kier molecular flexibility index (Phi) is 6.70. The minimum absolute atomic E-state index is 0.0183. The molecule has 11 nitrogen and oxygen atoms in total. The first-order chi connectivity index (χ1) is 20.4. The zero-order valence-electron chi connectivity index (χ0n) is 24.2. The summed E-state index contributed by atoms with van der Waals surface area (Å²) in [6, 6.07) is 9.72. The first-order valence-electron chi connectivity index (χ1n) is 14.2. The molecular weight excluding hydrogens is 552 g/mol. The molecule has 11 heteroatoms. The number of rotatable bonds is 4. The lowest BCUT2D eigenvalue weighted by Crippen LogP contribution is -2.63. The highest BCUT2D eigenvalue weighted by Crippen LogP contribution is 2.53. The van der Waals surface area contributed by atoms with Crippen LogP contribution in [0.4, 0.5) is 5.69 Å². The molecule has 2 aromatic carbocycles. The summed E-state index contributed by atoms with van der Waals surface area (Å²) < 4.78 is 0. The second kappa shape index (κ2) is 10.1. The number of benzene rings is 2. The summed E-state index contributed by atoms with van der Waals surface area (Å²) >= 11 is 0. The molecule has 4 aliphatic rings. The molecule has 43 heavy (non-hydrogen) atoms. The van der Waals surface area contributed by atoms with Gasteiger partial charge in [-0.3, -0.25) is 19.3 Å². The maximum Gasteiger partial charge on any atom is 0.255 e. The molecule has 1 fully saturated rings. The number of carbonyl (C=O) groups excluding carboxylic acids is 3. The number of amidine groups is 1. The quantitative estimate of drug-likeness (QED) is 0.337. The van der Waals surface area contributed by atoms with Gasteiger partial charge in [-0.05, 0) is 74.2 Å². The van der Waals surface area contributed by atoms with E-state index >= 15 is 0 Å². The summed E-state index contributed by atoms with van der Waals surface area (Å²) in [7, 11) is 5.22. The Balaban J connectivity index is 1.45. The number of amides is 1. The molecule has 0 spiro atoms. The normalized spacial score (nSPS) is 28.0. The molecule has 1 saturated heterocycles. The summed E-state index contributed by atoms with van der Waals surface area (Å²) in [4.78, 5) is 48.0. The molecule has 2 aromatic rings. The summed E-state index contributed by atoms with van der Waals surface area (Å²) in [6.07, 6.45) is 2.24. The monoisotopic (exact) mass is 586 g/mol. The maximum absolute atomic E-state index is 14.0. The van der Waals surface area contributed by atoms with E-state index in [0.29, 0.717) is 5.56 Å². The predicted molar refractivity (Wildman–Crippen MR) is 158 cm³/mol. The number of aliphatic imine (C=N–C) groups is 1. The third-order valence-corrected chi connectivity index (χ3v) is 9.38. The number of aliphatic hydroxyl groups is 3. The lowest BCUT2D eigenvalue weighted by Gasteiger charge is -2.50. The number of allylic oxidation sites excluding steroid dienone is 1. The number of phenolic OH excluding ortho intramolecular Hbond substituents is 1. The molecule has 0 radical (unpaired) electrons. The van der Waals surface area contributed by atoms with Gasteiger partial charge in [-0.25, -0.2) is 4.99 Å². The van der Waals surface area contributed by atoms with Gasteiger partial charge in [0, 0.05) is 31.5 Å². The van der Waals surface area contributed by atoms with Gasteiger partial charge in [0.05, 0.1) is 17.3 Å². The lowest BCUT2D eigenvalue weighted by atomic mass is 9.58. The van der Waals surface area contributed by atoms with Gasteiger partial charge in [-0.2, -0.15) is 0 Å². The fourth-order valence-electron chi connectivity index (χ4n) is 7.32. The molecule has 1 amide bonds. The molecule has 0 saturated carbocycles. The highest BCUT2D eigenvalue weighted by molar-refractivity contribution is 6.25. The summed E-state index contributed by atoms with van der Waals surface area (Å²) in [5.74, 6) is -5.68. The molecule has 0 unspecified atom stereocenters. The van der Waals surface area contributed by atoms with Crippen LogP contribution in [0.25, 0.3) is 11.1 Å². The Bertz CT molecular complexity index is 1670. The van der Waals surface area contributed by atoms with Gasteiger partial charge in [0.1, 0.15) is 28.7 Å². The third kappa shape index (κ3) is 4.17. The van der Waals surface area contributed by atoms with Gasteiger partial charge >= 0.3 is 0 Å². The van der Waals surface area contributed by atoms with Crippen LogP contribution in [0.15, 0.2) is 64.1 Å². The average Bonchev–Trinajstić information content (AvgIpc) is 3.35. The van der Waals surface area contributed by atoms with Crippen molar-refractivity contribution in [1.29, 1.82) is 0 Å². The van der Waals surface area contributed by atoms with Crippen LogP contribution >= 0.6 is 0 Å². The van der Waals surface area contributed by atoms with E-state index in [1.54, 1.807) is 20.2 Å². The molecule has 1 aliphatic heterocycles. The first kappa shape index (κ1) is 28.6. The highest BCUT2D eigenvalue weighted by Gasteiger charge is 2.63. The number of primary amides is 1. The largest absolute Gasteiger partial charge is 0.510 e. The molecule has 3 aliphatic carbocycles. The number of ketones is 2. The van der Waals surface area contributed by atoms with Crippen LogP contribution in [0.2, 0.25) is 0 Å². The van der Waals surface area contributed by atoms with Crippen molar-refractivity contribution in [3.05, 3.63) is 70.2 Å². The minimum Gasteiger partial charge on any atom is -0.510 e. The van der Waals surface area contributed by atoms with E-state index in [4.69, 9.17) is 10.7 Å². The second-order valence-electron chi connectivity index (χ2n) is 12.0. The number of hydrogen-bond donors (Lipinski definition) is 5. The zero-order chi connectivity index (χ0) is 31.0. The van der Waals surface area contributed by atoms with Gasteiger partial charge in [0.15, 0.2) is 11.4 Å². The topological polar surface area (TPSA) is 177 Å².